The molecule has 6 heteroatoms. The van der Waals surface area contributed by atoms with Crippen LogP contribution in [0.4, 0.5) is 0 Å². The summed E-state index contributed by atoms with van der Waals surface area (Å²) >= 11 is 5.30. The zero-order valence-electron chi connectivity index (χ0n) is 18.6. The van der Waals surface area contributed by atoms with Crippen molar-refractivity contribution >= 4 is 39.8 Å². The number of hydrogen-bond donors (Lipinski definition) is 1. The normalized spacial score (nSPS) is 12.3. The second kappa shape index (κ2) is 10.3. The van der Waals surface area contributed by atoms with Crippen LogP contribution in [0.15, 0.2) is 58.1 Å². The van der Waals surface area contributed by atoms with Gasteiger partial charge in [-0.1, -0.05) is 48.0 Å². The van der Waals surface area contributed by atoms with Crippen LogP contribution in [0.3, 0.4) is 0 Å². The molecule has 4 nitrogen and oxygen atoms in total. The van der Waals surface area contributed by atoms with Gasteiger partial charge in [-0.2, -0.15) is 5.10 Å². The molecule has 0 bridgehead atoms. The standard InChI is InChI=1S/C25H28BrN3OS/c1-16-11-12-23(17(2)13-16)29-18(3)22(24(26)19(29)4)14-27-28-25(30)20(5)31-15-21-9-7-6-8-10-21/h6-14,20H,15H2,1-5H3,(H,28,30)/b27-14-/t20-/m1/s1. The summed E-state index contributed by atoms with van der Waals surface area (Å²) in [5.41, 5.74) is 10.6. The van der Waals surface area contributed by atoms with Crippen molar-refractivity contribution in [2.24, 2.45) is 5.10 Å². The molecule has 1 atom stereocenters. The van der Waals surface area contributed by atoms with Gasteiger partial charge >= 0.3 is 0 Å². The molecule has 2 aromatic carbocycles. The maximum absolute atomic E-state index is 12.4. The number of carbonyl (C=O) groups excluding carboxylic acids is 1. The largest absolute Gasteiger partial charge is 0.316 e. The van der Waals surface area contributed by atoms with Crippen molar-refractivity contribution in [2.45, 2.75) is 45.6 Å². The molecule has 1 N–H and O–H groups in total. The van der Waals surface area contributed by atoms with Gasteiger partial charge in [-0.05, 0) is 67.7 Å². The number of amides is 1. The molecule has 1 amide bonds. The highest BCUT2D eigenvalue weighted by Crippen LogP contribution is 2.31. The summed E-state index contributed by atoms with van der Waals surface area (Å²) in [6.07, 6.45) is 1.72. The Morgan fingerprint density at radius 3 is 2.52 bits per heavy atom. The third kappa shape index (κ3) is 5.49. The monoisotopic (exact) mass is 497 g/mol. The maximum atomic E-state index is 12.4. The van der Waals surface area contributed by atoms with Gasteiger partial charge in [0.15, 0.2) is 0 Å². The molecule has 0 unspecified atom stereocenters. The fourth-order valence-electron chi connectivity index (χ4n) is 3.51. The van der Waals surface area contributed by atoms with Crippen molar-refractivity contribution in [3.05, 3.63) is 86.6 Å². The van der Waals surface area contributed by atoms with Crippen LogP contribution < -0.4 is 5.43 Å². The molecule has 0 radical (unpaired) electrons. The number of aromatic nitrogens is 1. The number of rotatable bonds is 7. The van der Waals surface area contributed by atoms with E-state index in [1.807, 2.05) is 25.1 Å². The molecule has 0 fully saturated rings. The van der Waals surface area contributed by atoms with Crippen molar-refractivity contribution in [1.82, 2.24) is 9.99 Å². The maximum Gasteiger partial charge on any atom is 0.252 e. The van der Waals surface area contributed by atoms with Crippen LogP contribution in [0.1, 0.15) is 40.6 Å². The second-order valence-electron chi connectivity index (χ2n) is 7.70. The number of thioether (sulfide) groups is 1. The van der Waals surface area contributed by atoms with Crippen LogP contribution in [0.25, 0.3) is 5.69 Å². The first-order valence-corrected chi connectivity index (χ1v) is 12.1. The Balaban J connectivity index is 1.70. The lowest BCUT2D eigenvalue weighted by atomic mass is 10.1. The van der Waals surface area contributed by atoms with E-state index in [1.165, 1.54) is 16.7 Å². The number of hydrazone groups is 1. The molecule has 0 aliphatic rings. The molecule has 0 aliphatic carbocycles. The van der Waals surface area contributed by atoms with E-state index < -0.39 is 0 Å². The van der Waals surface area contributed by atoms with Crippen molar-refractivity contribution < 1.29 is 4.79 Å². The van der Waals surface area contributed by atoms with E-state index in [1.54, 1.807) is 18.0 Å². The number of benzene rings is 2. The van der Waals surface area contributed by atoms with Crippen molar-refractivity contribution in [3.8, 4) is 5.69 Å². The van der Waals surface area contributed by atoms with Crippen LogP contribution in [0, 0.1) is 27.7 Å². The number of carbonyl (C=O) groups is 1. The van der Waals surface area contributed by atoms with Gasteiger partial charge in [0.25, 0.3) is 5.91 Å². The predicted octanol–water partition coefficient (Wildman–Crippen LogP) is 6.25. The number of nitrogens with zero attached hydrogens (tertiary/aromatic N) is 2. The molecular formula is C25H28BrN3OS. The Labute approximate surface area is 197 Å². The third-order valence-corrected chi connectivity index (χ3v) is 7.50. The first-order valence-electron chi connectivity index (χ1n) is 10.2. The van der Waals surface area contributed by atoms with E-state index in [0.717, 1.165) is 32.9 Å². The summed E-state index contributed by atoms with van der Waals surface area (Å²) in [5, 5.41) is 4.05. The lowest BCUT2D eigenvalue weighted by molar-refractivity contribution is -0.120. The molecule has 162 valence electrons. The molecule has 0 aliphatic heterocycles. The molecule has 0 saturated heterocycles. The summed E-state index contributed by atoms with van der Waals surface area (Å²) in [7, 11) is 0. The Kier molecular flexibility index (Phi) is 7.79. The van der Waals surface area contributed by atoms with Gasteiger partial charge in [0.1, 0.15) is 0 Å². The summed E-state index contributed by atoms with van der Waals surface area (Å²) in [5.74, 6) is 0.693. The van der Waals surface area contributed by atoms with E-state index in [9.17, 15) is 4.79 Å². The highest BCUT2D eigenvalue weighted by atomic mass is 79.9. The average Bonchev–Trinajstić information content (AvgIpc) is 2.96. The molecule has 1 aromatic heterocycles. The summed E-state index contributed by atoms with van der Waals surface area (Å²) in [6, 6.07) is 16.6. The Hall–Kier alpha value is -2.31. The molecular weight excluding hydrogens is 470 g/mol. The summed E-state index contributed by atoms with van der Waals surface area (Å²) < 4.78 is 3.20. The first kappa shape index (κ1) is 23.4. The Morgan fingerprint density at radius 1 is 1.13 bits per heavy atom. The first-order chi connectivity index (χ1) is 14.8. The van der Waals surface area contributed by atoms with Gasteiger partial charge in [-0.3, -0.25) is 4.79 Å². The van der Waals surface area contributed by atoms with Crippen LogP contribution in [0.5, 0.6) is 0 Å². The highest BCUT2D eigenvalue weighted by Gasteiger charge is 2.17. The number of hydrogen-bond acceptors (Lipinski definition) is 3. The van der Waals surface area contributed by atoms with E-state index in [2.05, 4.69) is 89.1 Å². The lowest BCUT2D eigenvalue weighted by Crippen LogP contribution is -2.27. The van der Waals surface area contributed by atoms with Crippen molar-refractivity contribution in [1.29, 1.82) is 0 Å². The minimum atomic E-state index is -0.191. The van der Waals surface area contributed by atoms with E-state index in [4.69, 9.17) is 0 Å². The van der Waals surface area contributed by atoms with Crippen LogP contribution >= 0.6 is 27.7 Å². The van der Waals surface area contributed by atoms with Gasteiger partial charge in [0.05, 0.1) is 11.5 Å². The minimum absolute atomic E-state index is 0.100. The Bertz CT molecular complexity index is 1110. The smallest absolute Gasteiger partial charge is 0.252 e. The van der Waals surface area contributed by atoms with Crippen molar-refractivity contribution in [3.63, 3.8) is 0 Å². The molecule has 3 aromatic rings. The van der Waals surface area contributed by atoms with E-state index in [-0.39, 0.29) is 11.2 Å². The van der Waals surface area contributed by atoms with Gasteiger partial charge in [0, 0.05) is 32.9 Å². The van der Waals surface area contributed by atoms with Gasteiger partial charge in [-0.25, -0.2) is 5.43 Å². The van der Waals surface area contributed by atoms with Crippen LogP contribution in [0.2, 0.25) is 0 Å². The van der Waals surface area contributed by atoms with Crippen LogP contribution in [-0.2, 0) is 10.5 Å². The molecule has 31 heavy (non-hydrogen) atoms. The predicted molar refractivity (Wildman–Crippen MR) is 135 cm³/mol. The second-order valence-corrected chi connectivity index (χ2v) is 9.82. The molecule has 3 rings (SSSR count). The Morgan fingerprint density at radius 2 is 1.84 bits per heavy atom. The van der Waals surface area contributed by atoms with Crippen LogP contribution in [-0.4, -0.2) is 21.9 Å². The average molecular weight is 498 g/mol. The summed E-state index contributed by atoms with van der Waals surface area (Å²) in [4.78, 5) is 12.4. The summed E-state index contributed by atoms with van der Waals surface area (Å²) in [6.45, 7) is 10.3. The number of nitrogens with one attached hydrogen (secondary N) is 1. The van der Waals surface area contributed by atoms with E-state index >= 15 is 0 Å². The lowest BCUT2D eigenvalue weighted by Gasteiger charge is -2.13. The molecule has 1 heterocycles. The zero-order valence-corrected chi connectivity index (χ0v) is 21.0. The van der Waals surface area contributed by atoms with Crippen molar-refractivity contribution in [2.75, 3.05) is 0 Å². The van der Waals surface area contributed by atoms with Gasteiger partial charge in [-0.15, -0.1) is 11.8 Å². The molecule has 0 saturated carbocycles. The third-order valence-electron chi connectivity index (χ3n) is 5.29. The minimum Gasteiger partial charge on any atom is -0.316 e. The topological polar surface area (TPSA) is 46.4 Å². The highest BCUT2D eigenvalue weighted by molar-refractivity contribution is 9.10. The zero-order chi connectivity index (χ0) is 22.5. The number of halogens is 1. The van der Waals surface area contributed by atoms with Gasteiger partial charge in [0.2, 0.25) is 0 Å². The quantitative estimate of drug-likeness (QED) is 0.309. The SMILES string of the molecule is Cc1ccc(-n2c(C)c(Br)c(/C=N\NC(=O)[C@@H](C)SCc3ccccc3)c2C)c(C)c1. The van der Waals surface area contributed by atoms with E-state index in [0.29, 0.717) is 0 Å². The molecule has 0 spiro atoms. The fraction of sp³-hybridized carbons (Fsp3) is 0.280. The fourth-order valence-corrected chi connectivity index (χ4v) is 4.92. The number of aryl methyl sites for hydroxylation is 2. The van der Waals surface area contributed by atoms with Gasteiger partial charge < -0.3 is 4.57 Å².